The quantitative estimate of drug-likeness (QED) is 0.185. The molecule has 0 bridgehead atoms. The van der Waals surface area contributed by atoms with Crippen molar-refractivity contribution in [3.8, 4) is 0 Å². The van der Waals surface area contributed by atoms with Crippen molar-refractivity contribution in [3.05, 3.63) is 0 Å². The Morgan fingerprint density at radius 2 is 1.73 bits per heavy atom. The molecule has 2 N–H and O–H groups in total. The highest BCUT2D eigenvalue weighted by atomic mass is 32.7. The summed E-state index contributed by atoms with van der Waals surface area (Å²) in [5.41, 5.74) is 0. The van der Waals surface area contributed by atoms with Crippen molar-refractivity contribution in [2.75, 3.05) is 25.1 Å². The third kappa shape index (κ3) is 18.8. The Kier molecular flexibility index (Phi) is 18.5. The van der Waals surface area contributed by atoms with Crippen molar-refractivity contribution in [2.45, 2.75) is 51.5 Å². The van der Waals surface area contributed by atoms with Gasteiger partial charge in [-0.3, -0.25) is 13.9 Å². The molecule has 0 fully saturated rings. The van der Waals surface area contributed by atoms with Gasteiger partial charge in [-0.1, -0.05) is 12.8 Å². The summed E-state index contributed by atoms with van der Waals surface area (Å²) in [5.74, 6) is 0.355. The van der Waals surface area contributed by atoms with Crippen LogP contribution in [0, 0.1) is 0 Å². The summed E-state index contributed by atoms with van der Waals surface area (Å²) in [5, 5.41) is 2.82. The predicted octanol–water partition coefficient (Wildman–Crippen LogP) is 3.40. The van der Waals surface area contributed by atoms with Crippen molar-refractivity contribution < 1.29 is 33.1 Å². The lowest BCUT2D eigenvalue weighted by Gasteiger charge is -2.18. The van der Waals surface area contributed by atoms with E-state index in [2.05, 4.69) is 5.32 Å². The minimum Gasteiger partial charge on any atom is -0.368 e. The SMILES string of the molecule is CC(=O)CCCCCCC(=O)NC(COCSP=O)COCS[PH](=O)O. The smallest absolute Gasteiger partial charge is 0.245 e. The maximum Gasteiger partial charge on any atom is 0.245 e. The summed E-state index contributed by atoms with van der Waals surface area (Å²) in [6, 6.07) is -0.384. The molecule has 0 aliphatic carbocycles. The van der Waals surface area contributed by atoms with Gasteiger partial charge in [0.25, 0.3) is 0 Å². The van der Waals surface area contributed by atoms with E-state index in [-0.39, 0.29) is 50.5 Å². The zero-order valence-electron chi connectivity index (χ0n) is 14.8. The van der Waals surface area contributed by atoms with Gasteiger partial charge in [-0.2, -0.15) is 0 Å². The van der Waals surface area contributed by atoms with Crippen LogP contribution in [-0.4, -0.2) is 47.7 Å². The highest BCUT2D eigenvalue weighted by molar-refractivity contribution is 8.49. The van der Waals surface area contributed by atoms with Crippen LogP contribution in [0.3, 0.4) is 0 Å². The van der Waals surface area contributed by atoms with Crippen molar-refractivity contribution in [3.63, 3.8) is 0 Å². The largest absolute Gasteiger partial charge is 0.368 e. The number of hydrogen-bond donors (Lipinski definition) is 2. The molecule has 12 heteroatoms. The van der Waals surface area contributed by atoms with Gasteiger partial charge < -0.3 is 24.5 Å². The molecule has 0 aliphatic rings. The van der Waals surface area contributed by atoms with Crippen LogP contribution in [0.4, 0.5) is 0 Å². The van der Waals surface area contributed by atoms with Crippen molar-refractivity contribution >= 4 is 49.3 Å². The number of amides is 1. The van der Waals surface area contributed by atoms with Crippen LogP contribution >= 0.6 is 37.7 Å². The number of carbonyl (C=O) groups excluding carboxylic acids is 2. The molecule has 0 aromatic rings. The fourth-order valence-electron chi connectivity index (χ4n) is 1.98. The molecule has 0 aliphatic heterocycles. The number of Topliss-reactive ketones (excluding diaryl/α,β-unsaturated/α-hetero) is 1. The lowest BCUT2D eigenvalue weighted by molar-refractivity contribution is -0.123. The van der Waals surface area contributed by atoms with Gasteiger partial charge in [0.2, 0.25) is 20.8 Å². The molecular weight excluding hydrogens is 420 g/mol. The Labute approximate surface area is 164 Å². The Hall–Kier alpha value is 0.0500. The number of ether oxygens (including phenoxy) is 2. The zero-order chi connectivity index (χ0) is 19.6. The second kappa shape index (κ2) is 18.4. The first-order valence-electron chi connectivity index (χ1n) is 8.20. The number of hydrogen-bond acceptors (Lipinski definition) is 8. The van der Waals surface area contributed by atoms with E-state index >= 15 is 0 Å². The average Bonchev–Trinajstić information content (AvgIpc) is 2.57. The molecule has 0 saturated carbocycles. The maximum absolute atomic E-state index is 12.0. The number of ketones is 1. The first kappa shape index (κ1) is 26.1. The Morgan fingerprint density at radius 3 is 2.31 bits per heavy atom. The second-order valence-electron chi connectivity index (χ2n) is 5.47. The highest BCUT2D eigenvalue weighted by Gasteiger charge is 2.13. The standard InChI is InChI=1S/C14H27NO7P2S2/c1-12(16)6-4-2-3-5-7-14(17)15-13(8-21-10-25-23-18)9-22-11-26-24(19)20/h13,24H,2-11H2,1H3,(H,15,17)(H,19,20). The lowest BCUT2D eigenvalue weighted by Crippen LogP contribution is -2.41. The third-order valence-electron chi connectivity index (χ3n) is 3.14. The lowest BCUT2D eigenvalue weighted by atomic mass is 10.1. The normalized spacial score (nSPS) is 13.5. The Morgan fingerprint density at radius 1 is 1.12 bits per heavy atom. The fraction of sp³-hybridized carbons (Fsp3) is 0.857. The van der Waals surface area contributed by atoms with Gasteiger partial charge >= 0.3 is 0 Å². The van der Waals surface area contributed by atoms with Crippen molar-refractivity contribution in [2.24, 2.45) is 0 Å². The Bertz CT molecular complexity index is 444. The highest BCUT2D eigenvalue weighted by Crippen LogP contribution is 2.32. The predicted molar refractivity (Wildman–Crippen MR) is 106 cm³/mol. The van der Waals surface area contributed by atoms with E-state index in [4.69, 9.17) is 14.4 Å². The molecule has 0 radical (unpaired) electrons. The molecule has 0 aromatic carbocycles. The van der Waals surface area contributed by atoms with Gasteiger partial charge in [0.15, 0.2) is 0 Å². The molecule has 0 rings (SSSR count). The van der Waals surface area contributed by atoms with E-state index in [0.717, 1.165) is 48.4 Å². The summed E-state index contributed by atoms with van der Waals surface area (Å²) in [6.45, 7) is 1.93. The summed E-state index contributed by atoms with van der Waals surface area (Å²) in [4.78, 5) is 31.6. The van der Waals surface area contributed by atoms with Gasteiger partial charge in [0.1, 0.15) is 17.7 Å². The van der Waals surface area contributed by atoms with Crippen LogP contribution in [0.25, 0.3) is 0 Å². The van der Waals surface area contributed by atoms with Crippen LogP contribution < -0.4 is 5.32 Å². The van der Waals surface area contributed by atoms with Gasteiger partial charge in [0, 0.05) is 12.8 Å². The molecule has 2 atom stereocenters. The van der Waals surface area contributed by atoms with E-state index < -0.39 is 7.23 Å². The van der Waals surface area contributed by atoms with E-state index in [9.17, 15) is 18.7 Å². The minimum absolute atomic E-state index is 0.0603. The van der Waals surface area contributed by atoms with Gasteiger partial charge in [0.05, 0.1) is 19.3 Å². The van der Waals surface area contributed by atoms with Crippen LogP contribution in [-0.2, 0) is 28.2 Å². The number of carbonyl (C=O) groups is 2. The summed E-state index contributed by atoms with van der Waals surface area (Å²) in [6.07, 6.45) is 4.37. The molecule has 8 nitrogen and oxygen atoms in total. The number of nitrogens with one attached hydrogen (secondary N) is 1. The maximum atomic E-state index is 12.0. The molecule has 0 aromatic heterocycles. The van der Waals surface area contributed by atoms with Crippen molar-refractivity contribution in [1.82, 2.24) is 5.32 Å². The molecular formula is C14H27NO7P2S2. The zero-order valence-corrected chi connectivity index (χ0v) is 18.3. The molecule has 0 heterocycles. The van der Waals surface area contributed by atoms with Crippen LogP contribution in [0.2, 0.25) is 0 Å². The van der Waals surface area contributed by atoms with Gasteiger partial charge in [-0.05, 0) is 42.5 Å². The molecule has 26 heavy (non-hydrogen) atoms. The average molecular weight is 447 g/mol. The van der Waals surface area contributed by atoms with Crippen LogP contribution in [0.5, 0.6) is 0 Å². The first-order valence-corrected chi connectivity index (χ1v) is 13.7. The third-order valence-corrected chi connectivity index (χ3v) is 5.78. The first-order chi connectivity index (χ1) is 12.5. The molecule has 0 saturated heterocycles. The Balaban J connectivity index is 4.02. The van der Waals surface area contributed by atoms with E-state index in [1.54, 1.807) is 6.92 Å². The summed E-state index contributed by atoms with van der Waals surface area (Å²) >= 11 is 1.87. The summed E-state index contributed by atoms with van der Waals surface area (Å²) < 4.78 is 31.6. The minimum atomic E-state index is -2.64. The van der Waals surface area contributed by atoms with E-state index in [1.807, 2.05) is 0 Å². The van der Waals surface area contributed by atoms with Gasteiger partial charge in [-0.15, -0.1) is 0 Å². The topological polar surface area (TPSA) is 119 Å². The number of unbranched alkanes of at least 4 members (excludes halogenated alkanes) is 3. The summed E-state index contributed by atoms with van der Waals surface area (Å²) in [7, 11) is -2.72. The molecule has 2 unspecified atom stereocenters. The van der Waals surface area contributed by atoms with Crippen LogP contribution in [0.15, 0.2) is 0 Å². The molecule has 0 spiro atoms. The molecule has 1 amide bonds. The van der Waals surface area contributed by atoms with E-state index in [0.29, 0.717) is 12.8 Å². The fourth-order valence-corrected chi connectivity index (χ4v) is 3.38. The number of rotatable bonds is 18. The van der Waals surface area contributed by atoms with Gasteiger partial charge in [-0.25, -0.2) is 0 Å². The van der Waals surface area contributed by atoms with E-state index in [1.165, 1.54) is 0 Å². The monoisotopic (exact) mass is 447 g/mol. The second-order valence-corrected chi connectivity index (χ2v) is 10.3. The van der Waals surface area contributed by atoms with Crippen molar-refractivity contribution in [1.29, 1.82) is 0 Å². The van der Waals surface area contributed by atoms with Crippen LogP contribution in [0.1, 0.15) is 45.4 Å². The molecule has 152 valence electrons.